The molecule has 5 rings (SSSR count). The van der Waals surface area contributed by atoms with Crippen LogP contribution in [0.2, 0.25) is 0 Å². The van der Waals surface area contributed by atoms with Crippen LogP contribution in [0.5, 0.6) is 0 Å². The van der Waals surface area contributed by atoms with E-state index in [0.29, 0.717) is 3.92 Å². The molecule has 2 saturated heterocycles. The van der Waals surface area contributed by atoms with E-state index < -0.39 is 0 Å². The molecular formula is C22H23FIN2O2-. The standard InChI is InChI=1S/C22H23FIN2O2/c23-18-10-15(19-12-24-19)7-8-21(18)25-13-22(14-25)9-3-4-16(11-22)17-5-1-2-6-20(17)26(27)28/h1-2,5-8,10,16,19H,3-4,9,11-14H2/q-1. The molecule has 0 N–H and O–H groups in total. The van der Waals surface area contributed by atoms with Crippen LogP contribution in [0.15, 0.2) is 42.5 Å². The van der Waals surface area contributed by atoms with E-state index in [1.54, 1.807) is 18.2 Å². The van der Waals surface area contributed by atoms with Gasteiger partial charge in [-0.05, 0) is 0 Å². The van der Waals surface area contributed by atoms with E-state index in [1.165, 1.54) is 9.99 Å². The van der Waals surface area contributed by atoms with E-state index >= 15 is 0 Å². The summed E-state index contributed by atoms with van der Waals surface area (Å²) in [6.45, 7) is 1.72. The maximum absolute atomic E-state index is 14.6. The van der Waals surface area contributed by atoms with E-state index in [1.807, 2.05) is 18.2 Å². The Balaban J connectivity index is 1.31. The number of para-hydroxylation sites is 1. The van der Waals surface area contributed by atoms with Crippen molar-refractivity contribution >= 4 is 11.4 Å². The quantitative estimate of drug-likeness (QED) is 0.284. The van der Waals surface area contributed by atoms with Gasteiger partial charge in [0, 0.05) is 6.07 Å². The second-order valence-corrected chi connectivity index (χ2v) is 11.7. The Kier molecular flexibility index (Phi) is 4.56. The zero-order chi connectivity index (χ0) is 19.3. The van der Waals surface area contributed by atoms with Crippen molar-refractivity contribution in [1.82, 2.24) is 0 Å². The predicted octanol–water partition coefficient (Wildman–Crippen LogP) is 2.04. The molecule has 0 amide bonds. The average molecular weight is 493 g/mol. The first-order valence-corrected chi connectivity index (χ1v) is 12.7. The van der Waals surface area contributed by atoms with Crippen molar-refractivity contribution in [2.45, 2.75) is 35.5 Å². The number of anilines is 1. The average Bonchev–Trinajstić information content (AvgIpc) is 3.51. The fourth-order valence-corrected chi connectivity index (χ4v) is 6.79. The van der Waals surface area contributed by atoms with Crippen LogP contribution in [-0.4, -0.2) is 22.4 Å². The fraction of sp³-hybridized carbons (Fsp3) is 0.455. The number of hydrogen-bond donors (Lipinski definition) is 0. The Morgan fingerprint density at radius 3 is 2.71 bits per heavy atom. The summed E-state index contributed by atoms with van der Waals surface area (Å²) < 4.78 is 16.6. The molecule has 2 aliphatic heterocycles. The molecule has 2 atom stereocenters. The first-order valence-electron chi connectivity index (χ1n) is 9.90. The van der Waals surface area contributed by atoms with Gasteiger partial charge in [-0.15, -0.1) is 0 Å². The molecule has 1 aliphatic carbocycles. The number of nitrogens with zero attached hydrogens (tertiary/aromatic N) is 2. The summed E-state index contributed by atoms with van der Waals surface area (Å²) in [5.41, 5.74) is 3.18. The number of halogens is 2. The number of benzene rings is 2. The summed E-state index contributed by atoms with van der Waals surface area (Å²) in [5, 5.41) is 11.4. The normalized spacial score (nSPS) is 25.7. The molecule has 6 heteroatoms. The molecule has 1 saturated carbocycles. The number of nitro benzene ring substituents is 1. The molecule has 2 unspecified atom stereocenters. The third-order valence-electron chi connectivity index (χ3n) is 6.55. The zero-order valence-corrected chi connectivity index (χ0v) is 17.8. The summed E-state index contributed by atoms with van der Waals surface area (Å²) in [7, 11) is 0. The van der Waals surface area contributed by atoms with Crippen LogP contribution >= 0.6 is 0 Å². The monoisotopic (exact) mass is 493 g/mol. The van der Waals surface area contributed by atoms with Gasteiger partial charge in [-0.1, -0.05) is 12.1 Å². The van der Waals surface area contributed by atoms with E-state index in [-0.39, 0.29) is 49.0 Å². The fourth-order valence-electron chi connectivity index (χ4n) is 5.13. The second-order valence-electron chi connectivity index (χ2n) is 8.45. The summed E-state index contributed by atoms with van der Waals surface area (Å²) in [4.78, 5) is 13.3. The summed E-state index contributed by atoms with van der Waals surface area (Å²) in [6.07, 6.45) is 4.17. The van der Waals surface area contributed by atoms with Crippen LogP contribution in [0.4, 0.5) is 15.8 Å². The molecule has 0 radical (unpaired) electrons. The van der Waals surface area contributed by atoms with Gasteiger partial charge in [-0.3, -0.25) is 10.1 Å². The van der Waals surface area contributed by atoms with Gasteiger partial charge in [0.1, 0.15) is 0 Å². The predicted molar refractivity (Wildman–Crippen MR) is 103 cm³/mol. The van der Waals surface area contributed by atoms with Crippen LogP contribution in [-0.2, 0) is 0 Å². The van der Waals surface area contributed by atoms with Gasteiger partial charge in [0.15, 0.2) is 0 Å². The van der Waals surface area contributed by atoms with Gasteiger partial charge in [0.25, 0.3) is 0 Å². The Morgan fingerprint density at radius 2 is 2.00 bits per heavy atom. The molecule has 1 spiro atoms. The third-order valence-corrected chi connectivity index (χ3v) is 9.03. The van der Waals surface area contributed by atoms with Crippen molar-refractivity contribution in [2.75, 3.05) is 22.4 Å². The van der Waals surface area contributed by atoms with Crippen molar-refractivity contribution < 1.29 is 30.5 Å². The Bertz CT molecular complexity index is 925. The molecule has 3 fully saturated rings. The van der Waals surface area contributed by atoms with E-state index in [0.717, 1.165) is 50.0 Å². The molecular weight excluding hydrogens is 470 g/mol. The minimum atomic E-state index is -0.261. The van der Waals surface area contributed by atoms with E-state index in [4.69, 9.17) is 0 Å². The molecule has 28 heavy (non-hydrogen) atoms. The molecule has 148 valence electrons. The van der Waals surface area contributed by atoms with Crippen LogP contribution in [0.1, 0.15) is 46.7 Å². The zero-order valence-electron chi connectivity index (χ0n) is 15.6. The Hall–Kier alpha value is -1.70. The van der Waals surface area contributed by atoms with Gasteiger partial charge in [0.2, 0.25) is 0 Å². The topological polar surface area (TPSA) is 46.4 Å². The van der Waals surface area contributed by atoms with Gasteiger partial charge in [0.05, 0.1) is 4.92 Å². The number of rotatable bonds is 4. The second kappa shape index (κ2) is 6.97. The van der Waals surface area contributed by atoms with Crippen molar-refractivity contribution in [3.05, 3.63) is 69.5 Å². The molecule has 0 aromatic heterocycles. The van der Waals surface area contributed by atoms with Crippen molar-refractivity contribution in [3.63, 3.8) is 0 Å². The van der Waals surface area contributed by atoms with Crippen molar-refractivity contribution in [2.24, 2.45) is 5.41 Å². The van der Waals surface area contributed by atoms with Crippen molar-refractivity contribution in [1.29, 1.82) is 0 Å². The van der Waals surface area contributed by atoms with Gasteiger partial charge in [-0.25, -0.2) is 0 Å². The van der Waals surface area contributed by atoms with Crippen LogP contribution in [0.25, 0.3) is 0 Å². The summed E-state index contributed by atoms with van der Waals surface area (Å²) in [6, 6.07) is 13.0. The molecule has 3 aliphatic rings. The molecule has 0 bridgehead atoms. The summed E-state index contributed by atoms with van der Waals surface area (Å²) in [5.74, 6) is 0.137. The first-order chi connectivity index (χ1) is 13.5. The molecule has 2 aromatic carbocycles. The van der Waals surface area contributed by atoms with Crippen LogP contribution < -0.4 is 26.1 Å². The third kappa shape index (κ3) is 3.29. The van der Waals surface area contributed by atoms with Gasteiger partial charge < -0.3 is 0 Å². The van der Waals surface area contributed by atoms with Crippen LogP contribution in [0, 0.1) is 21.3 Å². The number of alkyl halides is 2. The molecule has 2 heterocycles. The van der Waals surface area contributed by atoms with E-state index in [9.17, 15) is 14.5 Å². The maximum atomic E-state index is 14.6. The Labute approximate surface area is 174 Å². The SMILES string of the molecule is O=[N+]([O-])c1ccccc1C1CCCC2(C1)CN(c1ccc(C3C[I-]3)cc1F)C2. The van der Waals surface area contributed by atoms with E-state index in [2.05, 4.69) is 11.0 Å². The molecule has 4 nitrogen and oxygen atoms in total. The Morgan fingerprint density at radius 1 is 1.21 bits per heavy atom. The first kappa shape index (κ1) is 18.3. The number of nitro groups is 1. The van der Waals surface area contributed by atoms with Crippen molar-refractivity contribution in [3.8, 4) is 0 Å². The minimum absolute atomic E-state index is 0.0886. The number of hydrogen-bond acceptors (Lipinski definition) is 3. The van der Waals surface area contributed by atoms with Gasteiger partial charge >= 0.3 is 142 Å². The molecule has 2 aromatic rings. The summed E-state index contributed by atoms with van der Waals surface area (Å²) >= 11 is 0.288. The van der Waals surface area contributed by atoms with Crippen LogP contribution in [0.3, 0.4) is 0 Å². The van der Waals surface area contributed by atoms with Gasteiger partial charge in [-0.2, -0.15) is 0 Å².